The van der Waals surface area contributed by atoms with Crippen molar-refractivity contribution in [3.8, 4) is 6.07 Å². The highest BCUT2D eigenvalue weighted by atomic mass is 32.2. The zero-order chi connectivity index (χ0) is 13.9. The Morgan fingerprint density at radius 1 is 1.53 bits per heavy atom. The minimum atomic E-state index is -3.64. The third kappa shape index (κ3) is 2.88. The molecule has 0 bridgehead atoms. The Kier molecular flexibility index (Phi) is 4.08. The molecule has 1 aromatic carbocycles. The number of nitriles is 1. The second-order valence-corrected chi connectivity index (χ2v) is 6.41. The van der Waals surface area contributed by atoms with E-state index in [9.17, 15) is 8.42 Å². The van der Waals surface area contributed by atoms with Gasteiger partial charge in [-0.2, -0.15) is 5.26 Å². The molecular weight excluding hydrogens is 262 g/mol. The van der Waals surface area contributed by atoms with Gasteiger partial charge < -0.3 is 5.32 Å². The summed E-state index contributed by atoms with van der Waals surface area (Å²) in [7, 11) is -3.64. The topological polar surface area (TPSA) is 82.0 Å². The monoisotopic (exact) mass is 279 g/mol. The Morgan fingerprint density at radius 3 is 3.00 bits per heavy atom. The maximum atomic E-state index is 12.1. The van der Waals surface area contributed by atoms with Crippen molar-refractivity contribution >= 4 is 15.7 Å². The molecule has 0 aromatic heterocycles. The summed E-state index contributed by atoms with van der Waals surface area (Å²) in [6.07, 6.45) is 1.07. The summed E-state index contributed by atoms with van der Waals surface area (Å²) >= 11 is 0. The summed E-state index contributed by atoms with van der Waals surface area (Å²) < 4.78 is 26.8. The van der Waals surface area contributed by atoms with E-state index in [2.05, 4.69) is 10.0 Å². The van der Waals surface area contributed by atoms with Crippen molar-refractivity contribution in [3.63, 3.8) is 0 Å². The third-order valence-corrected chi connectivity index (χ3v) is 4.97. The van der Waals surface area contributed by atoms with Crippen molar-refractivity contribution in [2.45, 2.75) is 31.6 Å². The van der Waals surface area contributed by atoms with Crippen LogP contribution >= 0.6 is 0 Å². The van der Waals surface area contributed by atoms with Crippen LogP contribution in [0.3, 0.4) is 0 Å². The summed E-state index contributed by atoms with van der Waals surface area (Å²) in [5.41, 5.74) is 2.74. The summed E-state index contributed by atoms with van der Waals surface area (Å²) in [5.74, 6) is 0. The smallest absolute Gasteiger partial charge is 0.249 e. The van der Waals surface area contributed by atoms with Crippen molar-refractivity contribution in [1.29, 1.82) is 5.26 Å². The summed E-state index contributed by atoms with van der Waals surface area (Å²) in [6.45, 7) is 3.28. The molecule has 102 valence electrons. The SMILES string of the molecule is CCC(C#N)S(=O)(=O)Nc1cccc2c1CCNC2. The quantitative estimate of drug-likeness (QED) is 0.872. The van der Waals surface area contributed by atoms with E-state index in [4.69, 9.17) is 5.26 Å². The van der Waals surface area contributed by atoms with Gasteiger partial charge in [-0.05, 0) is 36.6 Å². The van der Waals surface area contributed by atoms with Gasteiger partial charge in [0.1, 0.15) is 0 Å². The van der Waals surface area contributed by atoms with Gasteiger partial charge in [0.05, 0.1) is 11.8 Å². The van der Waals surface area contributed by atoms with E-state index >= 15 is 0 Å². The van der Waals surface area contributed by atoms with E-state index < -0.39 is 15.3 Å². The molecular formula is C13H17N3O2S. The Hall–Kier alpha value is -1.58. The molecule has 0 amide bonds. The highest BCUT2D eigenvalue weighted by Crippen LogP contribution is 2.25. The predicted molar refractivity (Wildman–Crippen MR) is 74.1 cm³/mol. The van der Waals surface area contributed by atoms with E-state index in [1.807, 2.05) is 18.2 Å². The first-order valence-corrected chi connectivity index (χ1v) is 7.86. The fraction of sp³-hybridized carbons (Fsp3) is 0.462. The Labute approximate surface area is 113 Å². The Balaban J connectivity index is 2.32. The molecule has 0 fully saturated rings. The van der Waals surface area contributed by atoms with Gasteiger partial charge in [0.2, 0.25) is 10.0 Å². The van der Waals surface area contributed by atoms with Crippen molar-refractivity contribution in [2.75, 3.05) is 11.3 Å². The van der Waals surface area contributed by atoms with Crippen LogP contribution in [0.5, 0.6) is 0 Å². The van der Waals surface area contributed by atoms with Crippen LogP contribution in [0, 0.1) is 11.3 Å². The number of sulfonamides is 1. The normalized spacial score (nSPS) is 16.2. The second-order valence-electron chi connectivity index (χ2n) is 4.54. The fourth-order valence-corrected chi connectivity index (χ4v) is 3.45. The first-order chi connectivity index (χ1) is 9.08. The zero-order valence-electron chi connectivity index (χ0n) is 10.8. The average Bonchev–Trinajstić information content (AvgIpc) is 2.40. The highest BCUT2D eigenvalue weighted by molar-refractivity contribution is 7.93. The van der Waals surface area contributed by atoms with Gasteiger partial charge in [-0.15, -0.1) is 0 Å². The standard InChI is InChI=1S/C13H17N3O2S/c1-2-11(8-14)19(17,18)16-13-5-3-4-10-9-15-7-6-12(10)13/h3-5,11,15-16H,2,6-7,9H2,1H3. The zero-order valence-corrected chi connectivity index (χ0v) is 11.6. The molecule has 5 nitrogen and oxygen atoms in total. The van der Waals surface area contributed by atoms with Crippen LogP contribution in [0.4, 0.5) is 5.69 Å². The number of anilines is 1. The summed E-state index contributed by atoms with van der Waals surface area (Å²) in [6, 6.07) is 7.40. The molecule has 0 saturated carbocycles. The molecule has 0 spiro atoms. The molecule has 19 heavy (non-hydrogen) atoms. The van der Waals surface area contributed by atoms with Gasteiger partial charge >= 0.3 is 0 Å². The van der Waals surface area contributed by atoms with Gasteiger partial charge in [0, 0.05) is 6.54 Å². The van der Waals surface area contributed by atoms with E-state index in [0.29, 0.717) is 5.69 Å². The lowest BCUT2D eigenvalue weighted by molar-refractivity contribution is 0.592. The molecule has 1 aromatic rings. The number of nitrogens with one attached hydrogen (secondary N) is 2. The van der Waals surface area contributed by atoms with E-state index in [1.165, 1.54) is 0 Å². The maximum Gasteiger partial charge on any atom is 0.249 e. The summed E-state index contributed by atoms with van der Waals surface area (Å²) in [5, 5.41) is 11.1. The van der Waals surface area contributed by atoms with Crippen LogP contribution in [-0.4, -0.2) is 20.2 Å². The number of rotatable bonds is 4. The van der Waals surface area contributed by atoms with Crippen LogP contribution in [0.25, 0.3) is 0 Å². The molecule has 2 rings (SSSR count). The lowest BCUT2D eigenvalue weighted by Crippen LogP contribution is -2.29. The molecule has 1 aliphatic heterocycles. The van der Waals surface area contributed by atoms with Gasteiger partial charge in [-0.25, -0.2) is 8.42 Å². The first kappa shape index (κ1) is 13.8. The molecule has 1 unspecified atom stereocenters. The van der Waals surface area contributed by atoms with Crippen molar-refractivity contribution < 1.29 is 8.42 Å². The predicted octanol–water partition coefficient (Wildman–Crippen LogP) is 1.38. The van der Waals surface area contributed by atoms with Gasteiger partial charge in [-0.1, -0.05) is 19.1 Å². The lowest BCUT2D eigenvalue weighted by Gasteiger charge is -2.21. The summed E-state index contributed by atoms with van der Waals surface area (Å²) in [4.78, 5) is 0. The molecule has 2 N–H and O–H groups in total. The van der Waals surface area contributed by atoms with Crippen LogP contribution < -0.4 is 10.0 Å². The lowest BCUT2D eigenvalue weighted by atomic mass is 9.99. The van der Waals surface area contributed by atoms with Crippen LogP contribution in [0.2, 0.25) is 0 Å². The van der Waals surface area contributed by atoms with Gasteiger partial charge in [0.25, 0.3) is 0 Å². The van der Waals surface area contributed by atoms with Gasteiger partial charge in [-0.3, -0.25) is 4.72 Å². The van der Waals surface area contributed by atoms with E-state index in [0.717, 1.165) is 30.6 Å². The Bertz CT molecular complexity index is 605. The molecule has 1 aliphatic rings. The molecule has 0 aliphatic carbocycles. The van der Waals surface area contributed by atoms with Crippen molar-refractivity contribution in [2.24, 2.45) is 0 Å². The molecule has 1 atom stereocenters. The van der Waals surface area contributed by atoms with Crippen LogP contribution in [0.15, 0.2) is 18.2 Å². The molecule has 0 radical (unpaired) electrons. The molecule has 1 heterocycles. The highest BCUT2D eigenvalue weighted by Gasteiger charge is 2.25. The fourth-order valence-electron chi connectivity index (χ4n) is 2.23. The van der Waals surface area contributed by atoms with Crippen molar-refractivity contribution in [1.82, 2.24) is 5.32 Å². The molecule has 0 saturated heterocycles. The van der Waals surface area contributed by atoms with Crippen LogP contribution in [-0.2, 0) is 23.0 Å². The third-order valence-electron chi connectivity index (χ3n) is 3.28. The van der Waals surface area contributed by atoms with E-state index in [1.54, 1.807) is 13.0 Å². The number of benzene rings is 1. The average molecular weight is 279 g/mol. The Morgan fingerprint density at radius 2 is 2.32 bits per heavy atom. The molecule has 6 heteroatoms. The minimum absolute atomic E-state index is 0.280. The largest absolute Gasteiger partial charge is 0.312 e. The number of hydrogen-bond acceptors (Lipinski definition) is 4. The minimum Gasteiger partial charge on any atom is -0.312 e. The van der Waals surface area contributed by atoms with Crippen molar-refractivity contribution in [3.05, 3.63) is 29.3 Å². The van der Waals surface area contributed by atoms with E-state index in [-0.39, 0.29) is 6.42 Å². The number of hydrogen-bond donors (Lipinski definition) is 2. The number of nitrogens with zero attached hydrogens (tertiary/aromatic N) is 1. The maximum absolute atomic E-state index is 12.1. The second kappa shape index (κ2) is 5.59. The van der Waals surface area contributed by atoms with Gasteiger partial charge in [0.15, 0.2) is 5.25 Å². The van der Waals surface area contributed by atoms with Crippen LogP contribution in [0.1, 0.15) is 24.5 Å². The first-order valence-electron chi connectivity index (χ1n) is 6.31. The number of fused-ring (bicyclic) bond motifs is 1.